The Morgan fingerprint density at radius 3 is 2.77 bits per heavy atom. The minimum absolute atomic E-state index is 0.0581. The van der Waals surface area contributed by atoms with Gasteiger partial charge < -0.3 is 9.64 Å². The van der Waals surface area contributed by atoms with Gasteiger partial charge in [-0.05, 0) is 30.7 Å². The van der Waals surface area contributed by atoms with Crippen molar-refractivity contribution in [1.82, 2.24) is 4.98 Å². The number of carbonyl (C=O) groups is 2. The number of nitrogens with zero attached hydrogens (tertiary/aromatic N) is 2. The summed E-state index contributed by atoms with van der Waals surface area (Å²) < 4.78 is 5.59. The summed E-state index contributed by atoms with van der Waals surface area (Å²) in [5.41, 5.74) is 2.50. The molecule has 0 saturated carbocycles. The minimum Gasteiger partial charge on any atom is -0.424 e. The summed E-state index contributed by atoms with van der Waals surface area (Å²) in [6, 6.07) is 16.9. The predicted molar refractivity (Wildman–Crippen MR) is 99.0 cm³/mol. The third-order valence-corrected chi connectivity index (χ3v) is 4.67. The van der Waals surface area contributed by atoms with E-state index >= 15 is 0 Å². The van der Waals surface area contributed by atoms with Gasteiger partial charge in [0.1, 0.15) is 5.52 Å². The van der Waals surface area contributed by atoms with Crippen molar-refractivity contribution >= 4 is 28.5 Å². The van der Waals surface area contributed by atoms with E-state index in [1.54, 1.807) is 17.2 Å². The summed E-state index contributed by atoms with van der Waals surface area (Å²) in [7, 11) is 0. The number of hydrogen-bond acceptors (Lipinski definition) is 4. The van der Waals surface area contributed by atoms with Crippen LogP contribution in [0.3, 0.4) is 0 Å². The number of anilines is 1. The average molecular weight is 346 g/mol. The van der Waals surface area contributed by atoms with Gasteiger partial charge in [-0.15, -0.1) is 0 Å². The number of aryl methyl sites for hydroxylation is 1. The molecule has 1 saturated heterocycles. The molecule has 0 N–H and O–H groups in total. The summed E-state index contributed by atoms with van der Waals surface area (Å²) in [6.07, 6.45) is 1.82. The number of amides is 1. The molecule has 5 heteroatoms. The molecule has 26 heavy (non-hydrogen) atoms. The predicted octanol–water partition coefficient (Wildman–Crippen LogP) is 3.50. The van der Waals surface area contributed by atoms with Crippen molar-refractivity contribution in [1.29, 1.82) is 0 Å². The van der Waals surface area contributed by atoms with Crippen LogP contribution in [0.25, 0.3) is 10.9 Å². The Morgan fingerprint density at radius 1 is 1.12 bits per heavy atom. The van der Waals surface area contributed by atoms with E-state index in [0.717, 1.165) is 16.6 Å². The van der Waals surface area contributed by atoms with Gasteiger partial charge in [0.05, 0.1) is 5.92 Å². The molecule has 2 heterocycles. The number of benzene rings is 2. The molecule has 0 aliphatic carbocycles. The maximum atomic E-state index is 12.6. The largest absolute Gasteiger partial charge is 0.424 e. The molecule has 1 fully saturated rings. The highest BCUT2D eigenvalue weighted by Gasteiger charge is 2.37. The Hall–Kier alpha value is -3.21. The molecule has 2 aromatic carbocycles. The van der Waals surface area contributed by atoms with E-state index < -0.39 is 11.9 Å². The molecule has 0 radical (unpaired) electrons. The first kappa shape index (κ1) is 16.3. The van der Waals surface area contributed by atoms with Crippen molar-refractivity contribution in [2.24, 2.45) is 5.92 Å². The second kappa shape index (κ2) is 6.59. The lowest BCUT2D eigenvalue weighted by molar-refractivity contribution is -0.139. The van der Waals surface area contributed by atoms with Crippen LogP contribution in [0.15, 0.2) is 60.8 Å². The molecule has 130 valence electrons. The number of esters is 1. The molecule has 1 aliphatic rings. The molecule has 1 atom stereocenters. The molecule has 3 aromatic rings. The Labute approximate surface area is 151 Å². The standard InChI is InChI=1S/C21H18N2O3/c1-14-6-2-3-9-17(14)23-13-16(12-19(23)24)21(25)26-18-10-4-7-15-8-5-11-22-20(15)18/h2-11,16H,12-13H2,1H3/t16-/m1/s1. The Bertz CT molecular complexity index is 994. The van der Waals surface area contributed by atoms with Gasteiger partial charge in [0.25, 0.3) is 0 Å². The third-order valence-electron chi connectivity index (χ3n) is 4.67. The zero-order chi connectivity index (χ0) is 18.1. The Morgan fingerprint density at radius 2 is 1.92 bits per heavy atom. The number of fused-ring (bicyclic) bond motifs is 1. The quantitative estimate of drug-likeness (QED) is 0.538. The lowest BCUT2D eigenvalue weighted by Crippen LogP contribution is -2.27. The van der Waals surface area contributed by atoms with Gasteiger partial charge in [-0.2, -0.15) is 0 Å². The summed E-state index contributed by atoms with van der Waals surface area (Å²) >= 11 is 0. The van der Waals surface area contributed by atoms with Gasteiger partial charge in [-0.3, -0.25) is 14.6 Å². The van der Waals surface area contributed by atoms with E-state index in [-0.39, 0.29) is 12.3 Å². The van der Waals surface area contributed by atoms with Crippen LogP contribution in [0.2, 0.25) is 0 Å². The van der Waals surface area contributed by atoms with Crippen LogP contribution in [0.5, 0.6) is 5.75 Å². The van der Waals surface area contributed by atoms with Gasteiger partial charge in [-0.1, -0.05) is 36.4 Å². The number of hydrogen-bond donors (Lipinski definition) is 0. The van der Waals surface area contributed by atoms with E-state index in [4.69, 9.17) is 4.74 Å². The minimum atomic E-state index is -0.485. The Balaban J connectivity index is 1.54. The monoisotopic (exact) mass is 346 g/mol. The molecular formula is C21H18N2O3. The molecule has 0 spiro atoms. The van der Waals surface area contributed by atoms with Crippen molar-refractivity contribution < 1.29 is 14.3 Å². The number of para-hydroxylation sites is 2. The summed E-state index contributed by atoms with van der Waals surface area (Å²) in [6.45, 7) is 2.29. The molecule has 0 bridgehead atoms. The second-order valence-electron chi connectivity index (χ2n) is 6.44. The van der Waals surface area contributed by atoms with Crippen LogP contribution in [0.4, 0.5) is 5.69 Å². The smallest absolute Gasteiger partial charge is 0.316 e. The number of ether oxygens (including phenoxy) is 1. The van der Waals surface area contributed by atoms with Crippen LogP contribution in [0.1, 0.15) is 12.0 Å². The first-order chi connectivity index (χ1) is 12.6. The van der Waals surface area contributed by atoms with Crippen LogP contribution >= 0.6 is 0 Å². The van der Waals surface area contributed by atoms with Gasteiger partial charge in [0, 0.05) is 30.2 Å². The summed E-state index contributed by atoms with van der Waals surface area (Å²) in [4.78, 5) is 31.0. The number of carbonyl (C=O) groups excluding carboxylic acids is 2. The highest BCUT2D eigenvalue weighted by molar-refractivity contribution is 6.00. The SMILES string of the molecule is Cc1ccccc1N1C[C@H](C(=O)Oc2cccc3cccnc23)CC1=O. The van der Waals surface area contributed by atoms with Crippen molar-refractivity contribution in [3.05, 3.63) is 66.4 Å². The topological polar surface area (TPSA) is 59.5 Å². The molecule has 5 nitrogen and oxygen atoms in total. The molecule has 1 aromatic heterocycles. The van der Waals surface area contributed by atoms with E-state index in [1.807, 2.05) is 55.5 Å². The van der Waals surface area contributed by atoms with Crippen molar-refractivity contribution in [2.75, 3.05) is 11.4 Å². The lowest BCUT2D eigenvalue weighted by Gasteiger charge is -2.18. The van der Waals surface area contributed by atoms with E-state index in [1.165, 1.54) is 0 Å². The highest BCUT2D eigenvalue weighted by atomic mass is 16.5. The van der Waals surface area contributed by atoms with Crippen LogP contribution in [-0.2, 0) is 9.59 Å². The fourth-order valence-electron chi connectivity index (χ4n) is 3.31. The first-order valence-corrected chi connectivity index (χ1v) is 8.55. The van der Waals surface area contributed by atoms with Crippen LogP contribution in [-0.4, -0.2) is 23.4 Å². The zero-order valence-electron chi connectivity index (χ0n) is 14.4. The second-order valence-corrected chi connectivity index (χ2v) is 6.44. The van der Waals surface area contributed by atoms with Crippen molar-refractivity contribution in [3.8, 4) is 5.75 Å². The van der Waals surface area contributed by atoms with E-state index in [2.05, 4.69) is 4.98 Å². The molecule has 4 rings (SSSR count). The van der Waals surface area contributed by atoms with Gasteiger partial charge >= 0.3 is 5.97 Å². The first-order valence-electron chi connectivity index (χ1n) is 8.55. The molecule has 1 aliphatic heterocycles. The van der Waals surface area contributed by atoms with Gasteiger partial charge in [0.15, 0.2) is 5.75 Å². The highest BCUT2D eigenvalue weighted by Crippen LogP contribution is 2.30. The molecular weight excluding hydrogens is 328 g/mol. The van der Waals surface area contributed by atoms with Gasteiger partial charge in [0.2, 0.25) is 5.91 Å². The fourth-order valence-corrected chi connectivity index (χ4v) is 3.31. The Kier molecular flexibility index (Phi) is 4.13. The van der Waals surface area contributed by atoms with Crippen molar-refractivity contribution in [2.45, 2.75) is 13.3 Å². The lowest BCUT2D eigenvalue weighted by atomic mass is 10.1. The summed E-state index contributed by atoms with van der Waals surface area (Å²) in [5.74, 6) is -0.513. The number of pyridine rings is 1. The van der Waals surface area contributed by atoms with E-state index in [0.29, 0.717) is 17.8 Å². The van der Waals surface area contributed by atoms with Gasteiger partial charge in [-0.25, -0.2) is 0 Å². The maximum absolute atomic E-state index is 12.6. The third kappa shape index (κ3) is 2.92. The molecule has 1 amide bonds. The number of aromatic nitrogens is 1. The van der Waals surface area contributed by atoms with Crippen LogP contribution in [0, 0.1) is 12.8 Å². The van der Waals surface area contributed by atoms with Crippen molar-refractivity contribution in [3.63, 3.8) is 0 Å². The van der Waals surface area contributed by atoms with Crippen LogP contribution < -0.4 is 9.64 Å². The number of rotatable bonds is 3. The van der Waals surface area contributed by atoms with E-state index in [9.17, 15) is 9.59 Å². The zero-order valence-corrected chi connectivity index (χ0v) is 14.4. The normalized spacial score (nSPS) is 16.9. The fraction of sp³-hybridized carbons (Fsp3) is 0.190. The summed E-state index contributed by atoms with van der Waals surface area (Å²) in [5, 5.41) is 0.904. The molecule has 0 unspecified atom stereocenters. The maximum Gasteiger partial charge on any atom is 0.316 e. The average Bonchev–Trinajstić information content (AvgIpc) is 3.04.